The lowest BCUT2D eigenvalue weighted by Crippen LogP contribution is -2.57. The quantitative estimate of drug-likeness (QED) is 0.140. The van der Waals surface area contributed by atoms with Gasteiger partial charge in [0.25, 0.3) is 0 Å². The molecule has 13 nitrogen and oxygen atoms in total. The van der Waals surface area contributed by atoms with Crippen LogP contribution in [0.5, 0.6) is 0 Å². The Morgan fingerprint density at radius 2 is 1.21 bits per heavy atom. The van der Waals surface area contributed by atoms with Gasteiger partial charge in [0, 0.05) is 19.3 Å². The van der Waals surface area contributed by atoms with Crippen molar-refractivity contribution in [2.45, 2.75) is 76.5 Å². The molecule has 0 aromatic heterocycles. The molecule has 0 spiro atoms. The highest BCUT2D eigenvalue weighted by Crippen LogP contribution is 2.08. The number of carbonyl (C=O) groups is 6. The zero-order chi connectivity index (χ0) is 28.8. The van der Waals surface area contributed by atoms with Crippen molar-refractivity contribution >= 4 is 35.6 Å². The van der Waals surface area contributed by atoms with Gasteiger partial charge >= 0.3 is 17.9 Å². The Labute approximate surface area is 220 Å². The summed E-state index contributed by atoms with van der Waals surface area (Å²) in [7, 11) is 0. The van der Waals surface area contributed by atoms with Gasteiger partial charge < -0.3 is 37.0 Å². The summed E-state index contributed by atoms with van der Waals surface area (Å²) >= 11 is 0. The first-order valence-corrected chi connectivity index (χ1v) is 12.2. The summed E-state index contributed by atoms with van der Waals surface area (Å²) < 4.78 is 0. The van der Waals surface area contributed by atoms with Gasteiger partial charge in [0.15, 0.2) is 0 Å². The topological polar surface area (TPSA) is 225 Å². The summed E-state index contributed by atoms with van der Waals surface area (Å²) in [6.45, 7) is 3.71. The third kappa shape index (κ3) is 12.3. The number of benzene rings is 1. The van der Waals surface area contributed by atoms with Crippen LogP contribution in [0.1, 0.15) is 51.5 Å². The van der Waals surface area contributed by atoms with E-state index >= 15 is 0 Å². The molecule has 0 aliphatic rings. The van der Waals surface area contributed by atoms with Crippen LogP contribution in [0.15, 0.2) is 30.3 Å². The molecule has 0 aliphatic heterocycles. The molecule has 0 radical (unpaired) electrons. The molecule has 8 N–H and O–H groups in total. The fourth-order valence-electron chi connectivity index (χ4n) is 3.56. The van der Waals surface area contributed by atoms with Crippen LogP contribution in [0.3, 0.4) is 0 Å². The van der Waals surface area contributed by atoms with Crippen LogP contribution in [-0.2, 0) is 35.2 Å². The normalized spacial score (nSPS) is 14.0. The van der Waals surface area contributed by atoms with Crippen molar-refractivity contribution < 1.29 is 44.1 Å². The molecule has 0 saturated heterocycles. The molecule has 210 valence electrons. The van der Waals surface area contributed by atoms with Crippen molar-refractivity contribution in [2.24, 2.45) is 11.7 Å². The van der Waals surface area contributed by atoms with Crippen LogP contribution in [0.2, 0.25) is 0 Å². The lowest BCUT2D eigenvalue weighted by molar-refractivity contribution is -0.143. The second-order valence-electron chi connectivity index (χ2n) is 9.31. The summed E-state index contributed by atoms with van der Waals surface area (Å²) in [6.07, 6.45) is -1.36. The van der Waals surface area contributed by atoms with E-state index < -0.39 is 72.6 Å². The van der Waals surface area contributed by atoms with Gasteiger partial charge in [-0.25, -0.2) is 4.79 Å². The van der Waals surface area contributed by atoms with Crippen molar-refractivity contribution in [3.63, 3.8) is 0 Å². The van der Waals surface area contributed by atoms with Crippen LogP contribution in [0, 0.1) is 5.92 Å². The zero-order valence-electron chi connectivity index (χ0n) is 21.4. The number of aliphatic carboxylic acids is 3. The highest BCUT2D eigenvalue weighted by atomic mass is 16.4. The van der Waals surface area contributed by atoms with Gasteiger partial charge in [-0.2, -0.15) is 0 Å². The number of nitrogens with one attached hydrogen (secondary N) is 3. The molecule has 38 heavy (non-hydrogen) atoms. The SMILES string of the molecule is CC(C)CC(N)C(=O)NC(CCC(=O)O)C(=O)NC(Cc1ccccc1)C(=O)NC(CCC(=O)O)C(=O)O. The number of amides is 3. The Kier molecular flexibility index (Phi) is 13.5. The van der Waals surface area contributed by atoms with E-state index in [9.17, 15) is 33.9 Å². The van der Waals surface area contributed by atoms with Crippen molar-refractivity contribution in [3.05, 3.63) is 35.9 Å². The monoisotopic (exact) mass is 536 g/mol. The fourth-order valence-corrected chi connectivity index (χ4v) is 3.56. The van der Waals surface area contributed by atoms with Crippen LogP contribution in [0.4, 0.5) is 0 Å². The van der Waals surface area contributed by atoms with Crippen molar-refractivity contribution in [3.8, 4) is 0 Å². The van der Waals surface area contributed by atoms with E-state index in [-0.39, 0.29) is 25.2 Å². The fraction of sp³-hybridized carbons (Fsp3) is 0.520. The van der Waals surface area contributed by atoms with Crippen LogP contribution < -0.4 is 21.7 Å². The van der Waals surface area contributed by atoms with E-state index in [0.717, 1.165) is 0 Å². The van der Waals surface area contributed by atoms with Crippen molar-refractivity contribution in [1.82, 2.24) is 16.0 Å². The van der Waals surface area contributed by atoms with E-state index in [0.29, 0.717) is 12.0 Å². The Bertz CT molecular complexity index is 984. The van der Waals surface area contributed by atoms with E-state index in [4.69, 9.17) is 15.9 Å². The Balaban J connectivity index is 3.14. The Morgan fingerprint density at radius 1 is 0.737 bits per heavy atom. The molecular formula is C25H36N4O9. The maximum atomic E-state index is 13.1. The highest BCUT2D eigenvalue weighted by Gasteiger charge is 2.31. The summed E-state index contributed by atoms with van der Waals surface area (Å²) in [5, 5.41) is 34.5. The Hall–Kier alpha value is -4.00. The number of carbonyl (C=O) groups excluding carboxylic acids is 3. The molecule has 0 aliphatic carbocycles. The first kappa shape index (κ1) is 32.0. The van der Waals surface area contributed by atoms with Gasteiger partial charge in [-0.3, -0.25) is 24.0 Å². The van der Waals surface area contributed by atoms with Gasteiger partial charge in [0.1, 0.15) is 18.1 Å². The average molecular weight is 537 g/mol. The maximum absolute atomic E-state index is 13.1. The second-order valence-corrected chi connectivity index (χ2v) is 9.31. The van der Waals surface area contributed by atoms with Crippen molar-refractivity contribution in [2.75, 3.05) is 0 Å². The highest BCUT2D eigenvalue weighted by molar-refractivity contribution is 5.94. The molecule has 0 fully saturated rings. The smallest absolute Gasteiger partial charge is 0.326 e. The minimum absolute atomic E-state index is 0.0594. The molecule has 4 unspecified atom stereocenters. The number of carboxylic acid groups (broad SMARTS) is 3. The second kappa shape index (κ2) is 16.0. The molecule has 1 rings (SSSR count). The number of rotatable bonds is 17. The standard InChI is InChI=1S/C25H36N4O9/c1-14(2)12-16(26)22(34)27-17(8-10-20(30)31)23(35)29-19(13-15-6-4-3-5-7-15)24(36)28-18(25(37)38)9-11-21(32)33/h3-7,14,16-19H,8-13,26H2,1-2H3,(H,27,34)(H,28,36)(H,29,35)(H,30,31)(H,32,33)(H,37,38). The lowest BCUT2D eigenvalue weighted by Gasteiger charge is -2.25. The van der Waals surface area contributed by atoms with E-state index in [2.05, 4.69) is 16.0 Å². The first-order valence-electron chi connectivity index (χ1n) is 12.2. The first-order chi connectivity index (χ1) is 17.8. The lowest BCUT2D eigenvalue weighted by atomic mass is 10.0. The van der Waals surface area contributed by atoms with Crippen molar-refractivity contribution in [1.29, 1.82) is 0 Å². The van der Waals surface area contributed by atoms with Gasteiger partial charge in [0.05, 0.1) is 6.04 Å². The number of carboxylic acids is 3. The number of hydrogen-bond acceptors (Lipinski definition) is 7. The number of nitrogens with two attached hydrogens (primary N) is 1. The zero-order valence-corrected chi connectivity index (χ0v) is 21.4. The summed E-state index contributed by atoms with van der Waals surface area (Å²) in [5.74, 6) is -6.21. The Morgan fingerprint density at radius 3 is 1.71 bits per heavy atom. The van der Waals surface area contributed by atoms with Gasteiger partial charge in [0.2, 0.25) is 17.7 Å². The predicted molar refractivity (Wildman–Crippen MR) is 135 cm³/mol. The summed E-state index contributed by atoms with van der Waals surface area (Å²) in [5.41, 5.74) is 6.51. The van der Waals surface area contributed by atoms with E-state index in [1.54, 1.807) is 30.3 Å². The van der Waals surface area contributed by atoms with E-state index in [1.807, 2.05) is 13.8 Å². The van der Waals surface area contributed by atoms with Crippen LogP contribution >= 0.6 is 0 Å². The number of hydrogen-bond donors (Lipinski definition) is 7. The van der Waals surface area contributed by atoms with Gasteiger partial charge in [-0.15, -0.1) is 0 Å². The minimum atomic E-state index is -1.52. The van der Waals surface area contributed by atoms with Crippen LogP contribution in [0.25, 0.3) is 0 Å². The summed E-state index contributed by atoms with van der Waals surface area (Å²) in [6, 6.07) is 3.39. The molecule has 1 aromatic carbocycles. The van der Waals surface area contributed by atoms with Gasteiger partial charge in [-0.1, -0.05) is 44.2 Å². The minimum Gasteiger partial charge on any atom is -0.481 e. The molecule has 3 amide bonds. The third-order valence-electron chi connectivity index (χ3n) is 5.52. The molecule has 4 atom stereocenters. The molecule has 0 heterocycles. The van der Waals surface area contributed by atoms with E-state index in [1.165, 1.54) is 0 Å². The average Bonchev–Trinajstić information content (AvgIpc) is 2.83. The molecular weight excluding hydrogens is 500 g/mol. The molecule has 0 saturated carbocycles. The molecule has 13 heteroatoms. The largest absolute Gasteiger partial charge is 0.481 e. The third-order valence-corrected chi connectivity index (χ3v) is 5.52. The molecule has 0 bridgehead atoms. The van der Waals surface area contributed by atoms with Crippen LogP contribution in [-0.4, -0.2) is 75.1 Å². The predicted octanol–water partition coefficient (Wildman–Crippen LogP) is -0.129. The summed E-state index contributed by atoms with van der Waals surface area (Å²) in [4.78, 5) is 72.3. The maximum Gasteiger partial charge on any atom is 0.326 e. The molecule has 1 aromatic rings. The van der Waals surface area contributed by atoms with Gasteiger partial charge in [-0.05, 0) is 30.7 Å².